The third kappa shape index (κ3) is 2.58. The maximum Gasteiger partial charge on any atom is 0.337 e. The fourth-order valence-corrected chi connectivity index (χ4v) is 2.70. The van der Waals surface area contributed by atoms with Gasteiger partial charge in [0.05, 0.1) is 5.56 Å². The maximum absolute atomic E-state index is 12.2. The Kier molecular flexibility index (Phi) is 3.90. The molecule has 2 N–H and O–H groups in total. The number of carbonyl (C=O) groups excluding carboxylic acids is 1. The van der Waals surface area contributed by atoms with Gasteiger partial charge in [-0.05, 0) is 55.0 Å². The molecule has 2 rings (SSSR count). The molecule has 0 atom stereocenters. The molecule has 0 unspecified atom stereocenters. The third-order valence-electron chi connectivity index (χ3n) is 3.41. The summed E-state index contributed by atoms with van der Waals surface area (Å²) in [7, 11) is 0. The number of hydrogen-bond donors (Lipinski definition) is 2. The smallest absolute Gasteiger partial charge is 0.337 e. The molecule has 0 bridgehead atoms. The molecule has 0 saturated heterocycles. The molecular formula is C15H15NO3S. The van der Waals surface area contributed by atoms with E-state index in [1.54, 1.807) is 5.38 Å². The van der Waals surface area contributed by atoms with Crippen molar-refractivity contribution in [2.24, 2.45) is 0 Å². The number of benzene rings is 1. The summed E-state index contributed by atoms with van der Waals surface area (Å²) in [5.74, 6) is -1.48. The Morgan fingerprint density at radius 3 is 2.45 bits per heavy atom. The van der Waals surface area contributed by atoms with E-state index in [1.807, 2.05) is 32.9 Å². The van der Waals surface area contributed by atoms with Gasteiger partial charge >= 0.3 is 5.97 Å². The molecule has 0 radical (unpaired) electrons. The van der Waals surface area contributed by atoms with Crippen LogP contribution in [-0.2, 0) is 0 Å². The van der Waals surface area contributed by atoms with Crippen LogP contribution in [0.2, 0.25) is 0 Å². The highest BCUT2D eigenvalue weighted by Crippen LogP contribution is 2.24. The number of aryl methyl sites for hydroxylation is 1. The van der Waals surface area contributed by atoms with Crippen molar-refractivity contribution >= 4 is 28.9 Å². The summed E-state index contributed by atoms with van der Waals surface area (Å²) >= 11 is 1.13. The summed E-state index contributed by atoms with van der Waals surface area (Å²) in [5, 5.41) is 13.4. The van der Waals surface area contributed by atoms with Crippen LogP contribution in [0, 0.1) is 20.8 Å². The molecule has 104 valence electrons. The van der Waals surface area contributed by atoms with Crippen molar-refractivity contribution in [3.05, 3.63) is 50.7 Å². The SMILES string of the molecule is Cc1ccc(NC(=O)c2sccc2C(=O)O)c(C)c1C. The number of nitrogens with one attached hydrogen (secondary N) is 1. The van der Waals surface area contributed by atoms with Gasteiger partial charge in [0.2, 0.25) is 0 Å². The highest BCUT2D eigenvalue weighted by molar-refractivity contribution is 7.12. The second-order valence-electron chi connectivity index (χ2n) is 4.60. The van der Waals surface area contributed by atoms with Crippen molar-refractivity contribution in [2.75, 3.05) is 5.32 Å². The Morgan fingerprint density at radius 2 is 1.80 bits per heavy atom. The Labute approximate surface area is 121 Å². The number of carboxylic acid groups (broad SMARTS) is 1. The van der Waals surface area contributed by atoms with Crippen LogP contribution in [0.4, 0.5) is 5.69 Å². The van der Waals surface area contributed by atoms with Gasteiger partial charge in [0.25, 0.3) is 5.91 Å². The zero-order chi connectivity index (χ0) is 14.9. The zero-order valence-electron chi connectivity index (χ0n) is 11.5. The second kappa shape index (κ2) is 5.46. The van der Waals surface area contributed by atoms with E-state index in [2.05, 4.69) is 5.32 Å². The second-order valence-corrected chi connectivity index (χ2v) is 5.52. The van der Waals surface area contributed by atoms with E-state index in [9.17, 15) is 9.59 Å². The Hall–Kier alpha value is -2.14. The molecule has 4 nitrogen and oxygen atoms in total. The van der Waals surface area contributed by atoms with Crippen LogP contribution in [-0.4, -0.2) is 17.0 Å². The summed E-state index contributed by atoms with van der Waals surface area (Å²) < 4.78 is 0. The first-order valence-electron chi connectivity index (χ1n) is 6.10. The lowest BCUT2D eigenvalue weighted by Crippen LogP contribution is -2.15. The fourth-order valence-electron chi connectivity index (χ4n) is 1.92. The predicted molar refractivity (Wildman–Crippen MR) is 79.9 cm³/mol. The standard InChI is InChI=1S/C15H15NO3S/c1-8-4-5-12(10(3)9(8)2)16-14(17)13-11(15(18)19)6-7-20-13/h4-7H,1-3H3,(H,16,17)(H,18,19). The molecular weight excluding hydrogens is 274 g/mol. The minimum Gasteiger partial charge on any atom is -0.478 e. The zero-order valence-corrected chi connectivity index (χ0v) is 12.3. The van der Waals surface area contributed by atoms with E-state index in [1.165, 1.54) is 6.07 Å². The van der Waals surface area contributed by atoms with Gasteiger partial charge in [0, 0.05) is 5.69 Å². The van der Waals surface area contributed by atoms with Crippen LogP contribution in [0.25, 0.3) is 0 Å². The first kappa shape index (κ1) is 14.3. The largest absolute Gasteiger partial charge is 0.478 e. The lowest BCUT2D eigenvalue weighted by atomic mass is 10.0. The van der Waals surface area contributed by atoms with Crippen LogP contribution < -0.4 is 5.32 Å². The average Bonchev–Trinajstić information content (AvgIpc) is 2.89. The molecule has 0 aliphatic heterocycles. The molecule has 5 heteroatoms. The number of amides is 1. The van der Waals surface area contributed by atoms with Gasteiger partial charge in [0.15, 0.2) is 0 Å². The normalized spacial score (nSPS) is 10.3. The summed E-state index contributed by atoms with van der Waals surface area (Å²) in [6, 6.07) is 5.21. The number of hydrogen-bond acceptors (Lipinski definition) is 3. The molecule has 20 heavy (non-hydrogen) atoms. The molecule has 0 saturated carbocycles. The maximum atomic E-state index is 12.2. The van der Waals surface area contributed by atoms with Gasteiger partial charge in [-0.3, -0.25) is 4.79 Å². The summed E-state index contributed by atoms with van der Waals surface area (Å²) in [6.45, 7) is 5.94. The van der Waals surface area contributed by atoms with E-state index in [0.29, 0.717) is 5.69 Å². The Balaban J connectivity index is 2.31. The van der Waals surface area contributed by atoms with Crippen LogP contribution in [0.3, 0.4) is 0 Å². The average molecular weight is 289 g/mol. The fraction of sp³-hybridized carbons (Fsp3) is 0.200. The topological polar surface area (TPSA) is 66.4 Å². The molecule has 1 amide bonds. The van der Waals surface area contributed by atoms with Crippen LogP contribution in [0.1, 0.15) is 36.7 Å². The van der Waals surface area contributed by atoms with Crippen molar-refractivity contribution in [1.29, 1.82) is 0 Å². The number of carbonyl (C=O) groups is 2. The minimum atomic E-state index is -1.09. The predicted octanol–water partition coefficient (Wildman–Crippen LogP) is 3.62. The number of aromatic carboxylic acids is 1. The van der Waals surface area contributed by atoms with Gasteiger partial charge in [0.1, 0.15) is 4.88 Å². The first-order valence-corrected chi connectivity index (χ1v) is 6.98. The molecule has 1 heterocycles. The van der Waals surface area contributed by atoms with Gasteiger partial charge in [-0.1, -0.05) is 6.07 Å². The number of rotatable bonds is 3. The van der Waals surface area contributed by atoms with Gasteiger partial charge in [-0.15, -0.1) is 11.3 Å². The molecule has 1 aromatic heterocycles. The van der Waals surface area contributed by atoms with Crippen molar-refractivity contribution in [3.8, 4) is 0 Å². The highest BCUT2D eigenvalue weighted by atomic mass is 32.1. The summed E-state index contributed by atoms with van der Waals surface area (Å²) in [5.41, 5.74) is 4.01. The third-order valence-corrected chi connectivity index (χ3v) is 4.32. The van der Waals surface area contributed by atoms with Crippen molar-refractivity contribution < 1.29 is 14.7 Å². The highest BCUT2D eigenvalue weighted by Gasteiger charge is 2.18. The van der Waals surface area contributed by atoms with Gasteiger partial charge in [-0.25, -0.2) is 4.79 Å². The summed E-state index contributed by atoms with van der Waals surface area (Å²) in [6.07, 6.45) is 0. The quantitative estimate of drug-likeness (QED) is 0.906. The first-order chi connectivity index (χ1) is 9.41. The van der Waals surface area contributed by atoms with Gasteiger partial charge < -0.3 is 10.4 Å². The van der Waals surface area contributed by atoms with Crippen LogP contribution in [0.15, 0.2) is 23.6 Å². The van der Waals surface area contributed by atoms with Crippen molar-refractivity contribution in [3.63, 3.8) is 0 Å². The van der Waals surface area contributed by atoms with Crippen molar-refractivity contribution in [2.45, 2.75) is 20.8 Å². The van der Waals surface area contributed by atoms with E-state index in [-0.39, 0.29) is 16.3 Å². The Bertz CT molecular complexity index is 688. The molecule has 0 aliphatic carbocycles. The molecule has 1 aromatic carbocycles. The van der Waals surface area contributed by atoms with Gasteiger partial charge in [-0.2, -0.15) is 0 Å². The van der Waals surface area contributed by atoms with Crippen LogP contribution >= 0.6 is 11.3 Å². The Morgan fingerprint density at radius 1 is 1.10 bits per heavy atom. The number of thiophene rings is 1. The molecule has 0 fully saturated rings. The van der Waals surface area contributed by atoms with E-state index >= 15 is 0 Å². The number of anilines is 1. The molecule has 2 aromatic rings. The monoisotopic (exact) mass is 289 g/mol. The van der Waals surface area contributed by atoms with Crippen molar-refractivity contribution in [1.82, 2.24) is 0 Å². The minimum absolute atomic E-state index is 0.0361. The lowest BCUT2D eigenvalue weighted by Gasteiger charge is -2.12. The summed E-state index contributed by atoms with van der Waals surface area (Å²) in [4.78, 5) is 23.4. The van der Waals surface area contributed by atoms with E-state index in [4.69, 9.17) is 5.11 Å². The molecule has 0 aliphatic rings. The number of carboxylic acids is 1. The lowest BCUT2D eigenvalue weighted by molar-refractivity contribution is 0.0693. The van der Waals surface area contributed by atoms with E-state index in [0.717, 1.165) is 28.0 Å². The van der Waals surface area contributed by atoms with Crippen LogP contribution in [0.5, 0.6) is 0 Å². The van der Waals surface area contributed by atoms with E-state index < -0.39 is 5.97 Å². The molecule has 0 spiro atoms.